The zero-order valence-electron chi connectivity index (χ0n) is 13.2. The van der Waals surface area contributed by atoms with Crippen LogP contribution in [0.5, 0.6) is 11.5 Å². The van der Waals surface area contributed by atoms with Crippen molar-refractivity contribution >= 4 is 5.91 Å². The van der Waals surface area contributed by atoms with Crippen molar-refractivity contribution in [2.45, 2.75) is 45.3 Å². The molecule has 2 aliphatic rings. The number of benzene rings is 1. The van der Waals surface area contributed by atoms with Gasteiger partial charge in [-0.05, 0) is 24.8 Å². The molecule has 1 saturated carbocycles. The Kier molecular flexibility index (Phi) is 4.25. The number of carbonyl (C=O) groups excluding carboxylic acids is 1. The quantitative estimate of drug-likeness (QED) is 0.903. The van der Waals surface area contributed by atoms with Crippen LogP contribution in [-0.4, -0.2) is 36.1 Å². The normalized spacial score (nSPS) is 18.2. The van der Waals surface area contributed by atoms with Crippen molar-refractivity contribution < 1.29 is 14.3 Å². The number of hydrogen-bond donors (Lipinski definition) is 1. The molecule has 5 nitrogen and oxygen atoms in total. The molecule has 1 aromatic rings. The molecule has 5 heteroatoms. The van der Waals surface area contributed by atoms with Crippen LogP contribution in [0.3, 0.4) is 0 Å². The molecule has 1 unspecified atom stereocenters. The number of hydrogen-bond acceptors (Lipinski definition) is 4. The first-order chi connectivity index (χ1) is 10.6. The van der Waals surface area contributed by atoms with E-state index in [4.69, 9.17) is 15.2 Å². The maximum atomic E-state index is 12.7. The summed E-state index contributed by atoms with van der Waals surface area (Å²) in [4.78, 5) is 14.6. The van der Waals surface area contributed by atoms with E-state index in [9.17, 15) is 4.79 Å². The lowest BCUT2D eigenvalue weighted by molar-refractivity contribution is -0.134. The standard InChI is InChI=1S/C17H24N2O3/c1-11(2)15(18)17(20)19(13-6-7-13)10-12-4-3-5-14-16(12)22-9-8-21-14/h3-5,11,13,15H,6-10,18H2,1-2H3. The van der Waals surface area contributed by atoms with Gasteiger partial charge in [-0.25, -0.2) is 0 Å². The van der Waals surface area contributed by atoms with E-state index in [0.29, 0.717) is 25.8 Å². The summed E-state index contributed by atoms with van der Waals surface area (Å²) in [6.45, 7) is 5.62. The molecule has 0 saturated heterocycles. The molecule has 1 aliphatic carbocycles. The largest absolute Gasteiger partial charge is 0.486 e. The highest BCUT2D eigenvalue weighted by Gasteiger charge is 2.36. The number of rotatable bonds is 5. The minimum absolute atomic E-state index is 0.0341. The lowest BCUT2D eigenvalue weighted by Gasteiger charge is -2.29. The van der Waals surface area contributed by atoms with Crippen LogP contribution in [0, 0.1) is 5.92 Å². The van der Waals surface area contributed by atoms with E-state index in [2.05, 4.69) is 0 Å². The fourth-order valence-corrected chi connectivity index (χ4v) is 2.69. The third kappa shape index (κ3) is 3.04. The Labute approximate surface area is 131 Å². The van der Waals surface area contributed by atoms with Gasteiger partial charge in [-0.1, -0.05) is 26.0 Å². The molecule has 2 N–H and O–H groups in total. The molecule has 22 heavy (non-hydrogen) atoms. The molecular weight excluding hydrogens is 280 g/mol. The minimum atomic E-state index is -0.447. The van der Waals surface area contributed by atoms with Crippen LogP contribution in [0.4, 0.5) is 0 Å². The van der Waals surface area contributed by atoms with Crippen molar-refractivity contribution in [1.82, 2.24) is 4.90 Å². The summed E-state index contributed by atoms with van der Waals surface area (Å²) in [5, 5.41) is 0. The summed E-state index contributed by atoms with van der Waals surface area (Å²) < 4.78 is 11.4. The third-order valence-corrected chi connectivity index (χ3v) is 4.26. The van der Waals surface area contributed by atoms with E-state index < -0.39 is 6.04 Å². The number of nitrogens with zero attached hydrogens (tertiary/aromatic N) is 1. The number of fused-ring (bicyclic) bond motifs is 1. The van der Waals surface area contributed by atoms with Gasteiger partial charge in [0.25, 0.3) is 0 Å². The highest BCUT2D eigenvalue weighted by atomic mass is 16.6. The highest BCUT2D eigenvalue weighted by molar-refractivity contribution is 5.82. The average molecular weight is 304 g/mol. The maximum absolute atomic E-state index is 12.7. The van der Waals surface area contributed by atoms with Crippen LogP contribution in [0.15, 0.2) is 18.2 Å². The first kappa shape index (κ1) is 15.2. The number of nitrogens with two attached hydrogens (primary N) is 1. The Morgan fingerprint density at radius 2 is 2.05 bits per heavy atom. The Morgan fingerprint density at radius 3 is 2.73 bits per heavy atom. The first-order valence-electron chi connectivity index (χ1n) is 8.01. The van der Waals surface area contributed by atoms with E-state index in [-0.39, 0.29) is 11.8 Å². The summed E-state index contributed by atoms with van der Waals surface area (Å²) in [7, 11) is 0. The lowest BCUT2D eigenvalue weighted by Crippen LogP contribution is -2.47. The number of ether oxygens (including phenoxy) is 2. The molecular formula is C17H24N2O3. The Bertz CT molecular complexity index is 555. The number of amides is 1. The van der Waals surface area contributed by atoms with Gasteiger partial charge in [-0.2, -0.15) is 0 Å². The van der Waals surface area contributed by atoms with Crippen molar-refractivity contribution in [1.29, 1.82) is 0 Å². The fraction of sp³-hybridized carbons (Fsp3) is 0.588. The SMILES string of the molecule is CC(C)C(N)C(=O)N(Cc1cccc2c1OCCO2)C1CC1. The van der Waals surface area contributed by atoms with Gasteiger partial charge in [-0.15, -0.1) is 0 Å². The van der Waals surface area contributed by atoms with Crippen molar-refractivity contribution in [3.63, 3.8) is 0 Å². The first-order valence-corrected chi connectivity index (χ1v) is 8.01. The topological polar surface area (TPSA) is 64.8 Å². The van der Waals surface area contributed by atoms with Crippen LogP contribution in [0.25, 0.3) is 0 Å². The van der Waals surface area contributed by atoms with Gasteiger partial charge >= 0.3 is 0 Å². The van der Waals surface area contributed by atoms with E-state index in [0.717, 1.165) is 29.9 Å². The molecule has 0 spiro atoms. The van der Waals surface area contributed by atoms with Crippen molar-refractivity contribution in [2.75, 3.05) is 13.2 Å². The number of para-hydroxylation sites is 1. The van der Waals surface area contributed by atoms with Gasteiger partial charge in [-0.3, -0.25) is 4.79 Å². The van der Waals surface area contributed by atoms with Crippen LogP contribution in [-0.2, 0) is 11.3 Å². The second-order valence-electron chi connectivity index (χ2n) is 6.41. The van der Waals surface area contributed by atoms with E-state index in [1.165, 1.54) is 0 Å². The van der Waals surface area contributed by atoms with Crippen LogP contribution in [0.2, 0.25) is 0 Å². The average Bonchev–Trinajstić information content (AvgIpc) is 3.36. The molecule has 120 valence electrons. The van der Waals surface area contributed by atoms with E-state index in [1.807, 2.05) is 36.9 Å². The van der Waals surface area contributed by atoms with Crippen LogP contribution >= 0.6 is 0 Å². The van der Waals surface area contributed by atoms with Gasteiger partial charge in [0.2, 0.25) is 5.91 Å². The third-order valence-electron chi connectivity index (χ3n) is 4.26. The summed E-state index contributed by atoms with van der Waals surface area (Å²) in [5.74, 6) is 1.70. The molecule has 0 aromatic heterocycles. The lowest BCUT2D eigenvalue weighted by atomic mass is 10.0. The smallest absolute Gasteiger partial charge is 0.240 e. The van der Waals surface area contributed by atoms with Gasteiger partial charge in [0.15, 0.2) is 11.5 Å². The molecule has 1 amide bonds. The van der Waals surface area contributed by atoms with Crippen molar-refractivity contribution in [2.24, 2.45) is 11.7 Å². The summed E-state index contributed by atoms with van der Waals surface area (Å²) in [5.41, 5.74) is 7.06. The maximum Gasteiger partial charge on any atom is 0.240 e. The highest BCUT2D eigenvalue weighted by Crippen LogP contribution is 2.36. The zero-order chi connectivity index (χ0) is 15.7. The molecule has 1 aliphatic heterocycles. The fourth-order valence-electron chi connectivity index (χ4n) is 2.69. The molecule has 1 heterocycles. The van der Waals surface area contributed by atoms with Crippen LogP contribution < -0.4 is 15.2 Å². The van der Waals surface area contributed by atoms with Gasteiger partial charge in [0, 0.05) is 18.2 Å². The predicted octanol–water partition coefficient (Wildman–Crippen LogP) is 1.93. The van der Waals surface area contributed by atoms with Gasteiger partial charge in [0.1, 0.15) is 13.2 Å². The Morgan fingerprint density at radius 1 is 1.32 bits per heavy atom. The molecule has 1 aromatic carbocycles. The monoisotopic (exact) mass is 304 g/mol. The summed E-state index contributed by atoms with van der Waals surface area (Å²) in [6, 6.07) is 5.72. The summed E-state index contributed by atoms with van der Waals surface area (Å²) >= 11 is 0. The number of carbonyl (C=O) groups is 1. The molecule has 1 atom stereocenters. The molecule has 3 rings (SSSR count). The zero-order valence-corrected chi connectivity index (χ0v) is 13.2. The van der Waals surface area contributed by atoms with Gasteiger partial charge < -0.3 is 20.1 Å². The van der Waals surface area contributed by atoms with E-state index >= 15 is 0 Å². The predicted molar refractivity (Wildman–Crippen MR) is 83.8 cm³/mol. The summed E-state index contributed by atoms with van der Waals surface area (Å²) in [6.07, 6.45) is 2.12. The van der Waals surface area contributed by atoms with Gasteiger partial charge in [0.05, 0.1) is 6.04 Å². The van der Waals surface area contributed by atoms with E-state index in [1.54, 1.807) is 0 Å². The second kappa shape index (κ2) is 6.16. The molecule has 1 fully saturated rings. The molecule has 0 bridgehead atoms. The van der Waals surface area contributed by atoms with Crippen molar-refractivity contribution in [3.8, 4) is 11.5 Å². The second-order valence-corrected chi connectivity index (χ2v) is 6.41. The molecule has 0 radical (unpaired) electrons. The minimum Gasteiger partial charge on any atom is -0.486 e. The van der Waals surface area contributed by atoms with Crippen molar-refractivity contribution in [3.05, 3.63) is 23.8 Å². The van der Waals surface area contributed by atoms with Crippen LogP contribution in [0.1, 0.15) is 32.3 Å². The Hall–Kier alpha value is -1.75. The Balaban J connectivity index is 1.81.